The van der Waals surface area contributed by atoms with E-state index in [1.807, 2.05) is 28.7 Å². The van der Waals surface area contributed by atoms with Crippen LogP contribution >= 0.6 is 0 Å². The van der Waals surface area contributed by atoms with Crippen molar-refractivity contribution < 1.29 is 4.79 Å². The van der Waals surface area contributed by atoms with Crippen LogP contribution in [0.5, 0.6) is 0 Å². The molecule has 0 aliphatic carbocycles. The summed E-state index contributed by atoms with van der Waals surface area (Å²) in [5, 5.41) is 0. The SMILES string of the molecule is CC(=O)N1CCN(c2cc(-n3ccnc3)nc(C)n2)CC1. The quantitative estimate of drug-likeness (QED) is 0.810. The van der Waals surface area contributed by atoms with Gasteiger partial charge in [0.1, 0.15) is 23.8 Å². The number of hydrogen-bond acceptors (Lipinski definition) is 5. The van der Waals surface area contributed by atoms with E-state index in [-0.39, 0.29) is 5.91 Å². The first-order valence-corrected chi connectivity index (χ1v) is 6.98. The van der Waals surface area contributed by atoms with E-state index in [2.05, 4.69) is 19.9 Å². The fourth-order valence-electron chi connectivity index (χ4n) is 2.48. The minimum Gasteiger partial charge on any atom is -0.353 e. The van der Waals surface area contributed by atoms with Gasteiger partial charge in [-0.3, -0.25) is 9.36 Å². The first-order chi connectivity index (χ1) is 10.1. The van der Waals surface area contributed by atoms with Crippen LogP contribution in [0.15, 0.2) is 24.8 Å². The predicted molar refractivity (Wildman–Crippen MR) is 78.4 cm³/mol. The van der Waals surface area contributed by atoms with Gasteiger partial charge in [0.2, 0.25) is 5.91 Å². The van der Waals surface area contributed by atoms with Gasteiger partial charge in [0, 0.05) is 51.6 Å². The Bertz CT molecular complexity index is 631. The van der Waals surface area contributed by atoms with Crippen LogP contribution in [-0.4, -0.2) is 56.5 Å². The summed E-state index contributed by atoms with van der Waals surface area (Å²) in [5.74, 6) is 2.57. The summed E-state index contributed by atoms with van der Waals surface area (Å²) < 4.78 is 1.87. The molecule has 0 aromatic carbocycles. The third-order valence-corrected chi connectivity index (χ3v) is 3.63. The molecule has 1 aliphatic rings. The molecule has 1 aliphatic heterocycles. The Labute approximate surface area is 123 Å². The fourth-order valence-corrected chi connectivity index (χ4v) is 2.48. The fraction of sp³-hybridized carbons (Fsp3) is 0.429. The maximum Gasteiger partial charge on any atom is 0.219 e. The van der Waals surface area contributed by atoms with E-state index in [0.717, 1.165) is 43.6 Å². The number of carbonyl (C=O) groups is 1. The molecular formula is C14H18N6O. The average Bonchev–Trinajstić information content (AvgIpc) is 3.01. The second kappa shape index (κ2) is 5.51. The van der Waals surface area contributed by atoms with Crippen molar-refractivity contribution >= 4 is 11.7 Å². The van der Waals surface area contributed by atoms with Gasteiger partial charge in [-0.25, -0.2) is 15.0 Å². The Kier molecular flexibility index (Phi) is 3.55. The Morgan fingerprint density at radius 2 is 1.86 bits per heavy atom. The molecule has 3 rings (SSSR count). The van der Waals surface area contributed by atoms with Crippen molar-refractivity contribution in [2.24, 2.45) is 0 Å². The van der Waals surface area contributed by atoms with Gasteiger partial charge in [-0.2, -0.15) is 0 Å². The molecule has 110 valence electrons. The number of amides is 1. The van der Waals surface area contributed by atoms with E-state index in [1.54, 1.807) is 19.4 Å². The Morgan fingerprint density at radius 1 is 1.14 bits per heavy atom. The number of imidazole rings is 1. The maximum atomic E-state index is 11.4. The molecule has 1 saturated heterocycles. The second-order valence-corrected chi connectivity index (χ2v) is 5.09. The summed E-state index contributed by atoms with van der Waals surface area (Å²) in [4.78, 5) is 28.4. The molecule has 2 aromatic rings. The lowest BCUT2D eigenvalue weighted by molar-refractivity contribution is -0.129. The predicted octanol–water partition coefficient (Wildman–Crippen LogP) is 0.639. The number of nitrogens with zero attached hydrogens (tertiary/aromatic N) is 6. The smallest absolute Gasteiger partial charge is 0.219 e. The van der Waals surface area contributed by atoms with Crippen molar-refractivity contribution in [1.29, 1.82) is 0 Å². The molecule has 3 heterocycles. The molecule has 0 bridgehead atoms. The topological polar surface area (TPSA) is 67.2 Å². The highest BCUT2D eigenvalue weighted by molar-refractivity contribution is 5.73. The molecule has 1 amide bonds. The Hall–Kier alpha value is -2.44. The van der Waals surface area contributed by atoms with E-state index in [0.29, 0.717) is 0 Å². The van der Waals surface area contributed by atoms with Gasteiger partial charge in [0.25, 0.3) is 0 Å². The van der Waals surface area contributed by atoms with Gasteiger partial charge in [-0.15, -0.1) is 0 Å². The van der Waals surface area contributed by atoms with Gasteiger partial charge < -0.3 is 9.80 Å². The van der Waals surface area contributed by atoms with Crippen LogP contribution in [0.1, 0.15) is 12.7 Å². The summed E-state index contributed by atoms with van der Waals surface area (Å²) >= 11 is 0. The van der Waals surface area contributed by atoms with Gasteiger partial charge in [-0.1, -0.05) is 0 Å². The van der Waals surface area contributed by atoms with Crippen molar-refractivity contribution in [3.8, 4) is 5.82 Å². The highest BCUT2D eigenvalue weighted by atomic mass is 16.2. The number of hydrogen-bond donors (Lipinski definition) is 0. The largest absolute Gasteiger partial charge is 0.353 e. The lowest BCUT2D eigenvalue weighted by atomic mass is 10.3. The number of aromatic nitrogens is 4. The molecule has 7 nitrogen and oxygen atoms in total. The molecule has 0 spiro atoms. The number of piperazine rings is 1. The summed E-state index contributed by atoms with van der Waals surface area (Å²) in [6, 6.07) is 1.96. The molecule has 7 heteroatoms. The lowest BCUT2D eigenvalue weighted by Gasteiger charge is -2.35. The first kappa shape index (κ1) is 13.5. The molecule has 0 radical (unpaired) electrons. The summed E-state index contributed by atoms with van der Waals surface area (Å²) in [6.45, 7) is 6.55. The van der Waals surface area contributed by atoms with Crippen molar-refractivity contribution in [3.63, 3.8) is 0 Å². The zero-order chi connectivity index (χ0) is 14.8. The van der Waals surface area contributed by atoms with Crippen molar-refractivity contribution in [2.45, 2.75) is 13.8 Å². The van der Waals surface area contributed by atoms with E-state index >= 15 is 0 Å². The van der Waals surface area contributed by atoms with Crippen molar-refractivity contribution in [1.82, 2.24) is 24.4 Å². The van der Waals surface area contributed by atoms with Crippen molar-refractivity contribution in [2.75, 3.05) is 31.1 Å². The van der Waals surface area contributed by atoms with E-state index in [4.69, 9.17) is 0 Å². The second-order valence-electron chi connectivity index (χ2n) is 5.09. The third-order valence-electron chi connectivity index (χ3n) is 3.63. The Balaban J connectivity index is 1.82. The van der Waals surface area contributed by atoms with E-state index < -0.39 is 0 Å². The number of aryl methyl sites for hydroxylation is 1. The van der Waals surface area contributed by atoms with Gasteiger partial charge in [0.05, 0.1) is 0 Å². The van der Waals surface area contributed by atoms with Crippen LogP contribution in [0.25, 0.3) is 5.82 Å². The van der Waals surface area contributed by atoms with Crippen LogP contribution in [-0.2, 0) is 4.79 Å². The van der Waals surface area contributed by atoms with Gasteiger partial charge >= 0.3 is 0 Å². The summed E-state index contributed by atoms with van der Waals surface area (Å²) in [6.07, 6.45) is 5.31. The molecule has 0 N–H and O–H groups in total. The monoisotopic (exact) mass is 286 g/mol. The van der Waals surface area contributed by atoms with Crippen LogP contribution in [0, 0.1) is 6.92 Å². The minimum absolute atomic E-state index is 0.132. The van der Waals surface area contributed by atoms with Crippen LogP contribution in [0.4, 0.5) is 5.82 Å². The molecule has 0 unspecified atom stereocenters. The van der Waals surface area contributed by atoms with Crippen LogP contribution in [0.2, 0.25) is 0 Å². The first-order valence-electron chi connectivity index (χ1n) is 6.98. The number of anilines is 1. The number of rotatable bonds is 2. The lowest BCUT2D eigenvalue weighted by Crippen LogP contribution is -2.48. The molecule has 0 atom stereocenters. The van der Waals surface area contributed by atoms with E-state index in [9.17, 15) is 4.79 Å². The third kappa shape index (κ3) is 2.86. The standard InChI is InChI=1S/C14H18N6O/c1-11-16-13(9-14(17-11)20-4-3-15-10-20)19-7-5-18(6-8-19)12(2)21/h3-4,9-10H,5-8H2,1-2H3. The van der Waals surface area contributed by atoms with Gasteiger partial charge in [0.15, 0.2) is 0 Å². The Morgan fingerprint density at radius 3 is 2.48 bits per heavy atom. The summed E-state index contributed by atoms with van der Waals surface area (Å²) in [5.41, 5.74) is 0. The average molecular weight is 286 g/mol. The highest BCUT2D eigenvalue weighted by Crippen LogP contribution is 2.17. The van der Waals surface area contributed by atoms with Crippen LogP contribution in [0.3, 0.4) is 0 Å². The van der Waals surface area contributed by atoms with E-state index in [1.165, 1.54) is 0 Å². The zero-order valence-corrected chi connectivity index (χ0v) is 12.2. The summed E-state index contributed by atoms with van der Waals surface area (Å²) in [7, 11) is 0. The highest BCUT2D eigenvalue weighted by Gasteiger charge is 2.20. The minimum atomic E-state index is 0.132. The van der Waals surface area contributed by atoms with Crippen molar-refractivity contribution in [3.05, 3.63) is 30.6 Å². The maximum absolute atomic E-state index is 11.4. The molecule has 0 saturated carbocycles. The normalized spacial score (nSPS) is 15.3. The zero-order valence-electron chi connectivity index (χ0n) is 12.2. The van der Waals surface area contributed by atoms with Crippen LogP contribution < -0.4 is 4.90 Å². The number of carbonyl (C=O) groups excluding carboxylic acids is 1. The molecule has 1 fully saturated rings. The molecular weight excluding hydrogens is 268 g/mol. The molecule has 21 heavy (non-hydrogen) atoms. The molecule has 2 aromatic heterocycles. The van der Waals surface area contributed by atoms with Gasteiger partial charge in [-0.05, 0) is 6.92 Å².